The van der Waals surface area contributed by atoms with Crippen molar-refractivity contribution in [1.29, 1.82) is 0 Å². The standard InChI is InChI=1S/C16H35NO3S2Si/c1-5-18-23(19-6-2,20-7-3)15-11-14-21-22-17(4)16-12-9-8-10-13-16/h16H,5-15H2,1-4H3. The van der Waals surface area contributed by atoms with Gasteiger partial charge in [0.2, 0.25) is 0 Å². The summed E-state index contributed by atoms with van der Waals surface area (Å²) in [7, 11) is 3.67. The summed E-state index contributed by atoms with van der Waals surface area (Å²) in [6.45, 7) is 8.05. The molecule has 1 aliphatic carbocycles. The van der Waals surface area contributed by atoms with E-state index in [4.69, 9.17) is 13.3 Å². The fourth-order valence-corrected chi connectivity index (χ4v) is 8.12. The van der Waals surface area contributed by atoms with Gasteiger partial charge < -0.3 is 13.3 Å². The molecule has 0 bridgehead atoms. The van der Waals surface area contributed by atoms with Gasteiger partial charge in [0.15, 0.2) is 0 Å². The summed E-state index contributed by atoms with van der Waals surface area (Å²) >= 11 is 0. The van der Waals surface area contributed by atoms with E-state index in [0.717, 1.165) is 24.3 Å². The Hall–Kier alpha value is 0.757. The summed E-state index contributed by atoms with van der Waals surface area (Å²) < 4.78 is 20.2. The molecule has 1 fully saturated rings. The van der Waals surface area contributed by atoms with Gasteiger partial charge in [-0.05, 0) is 58.1 Å². The molecule has 0 heterocycles. The lowest BCUT2D eigenvalue weighted by molar-refractivity contribution is 0.0712. The molecule has 0 amide bonds. The average Bonchev–Trinajstić information content (AvgIpc) is 2.56. The SMILES string of the molecule is CCO[Si](CCCSSN(C)C1CCCCC1)(OCC)OCC. The van der Waals surface area contributed by atoms with E-state index < -0.39 is 8.80 Å². The zero-order valence-electron chi connectivity index (χ0n) is 15.3. The van der Waals surface area contributed by atoms with Gasteiger partial charge in [-0.15, -0.1) is 0 Å². The Balaban J connectivity index is 2.24. The van der Waals surface area contributed by atoms with Gasteiger partial charge in [-0.3, -0.25) is 0 Å². The topological polar surface area (TPSA) is 30.9 Å². The zero-order chi connectivity index (χ0) is 17.0. The fraction of sp³-hybridized carbons (Fsp3) is 1.00. The predicted molar refractivity (Wildman–Crippen MR) is 105 cm³/mol. The molecule has 0 aromatic carbocycles. The van der Waals surface area contributed by atoms with Crippen molar-refractivity contribution < 1.29 is 13.3 Å². The monoisotopic (exact) mass is 381 g/mol. The van der Waals surface area contributed by atoms with E-state index in [0.29, 0.717) is 19.8 Å². The van der Waals surface area contributed by atoms with Gasteiger partial charge in [0.25, 0.3) is 0 Å². The van der Waals surface area contributed by atoms with E-state index in [1.807, 2.05) is 42.5 Å². The van der Waals surface area contributed by atoms with Crippen LogP contribution in [-0.4, -0.2) is 51.8 Å². The molecule has 0 N–H and O–H groups in total. The highest BCUT2D eigenvalue weighted by Gasteiger charge is 2.39. The minimum atomic E-state index is -2.44. The Kier molecular flexibility index (Phi) is 12.3. The maximum Gasteiger partial charge on any atom is 0.500 e. The van der Waals surface area contributed by atoms with Gasteiger partial charge in [-0.1, -0.05) is 30.1 Å². The Morgan fingerprint density at radius 2 is 1.52 bits per heavy atom. The second-order valence-electron chi connectivity index (χ2n) is 5.82. The van der Waals surface area contributed by atoms with E-state index >= 15 is 0 Å². The molecule has 0 aliphatic heterocycles. The molecule has 1 rings (SSSR count). The van der Waals surface area contributed by atoms with Crippen LogP contribution in [0.4, 0.5) is 0 Å². The van der Waals surface area contributed by atoms with Crippen molar-refractivity contribution in [3.63, 3.8) is 0 Å². The van der Waals surface area contributed by atoms with Crippen LogP contribution in [0.15, 0.2) is 0 Å². The second-order valence-corrected chi connectivity index (χ2v) is 11.1. The Morgan fingerprint density at radius 1 is 0.957 bits per heavy atom. The third-order valence-corrected chi connectivity index (χ3v) is 9.83. The Labute approximate surface area is 152 Å². The highest BCUT2D eigenvalue weighted by atomic mass is 33.1. The molecular formula is C16H35NO3S2Si. The maximum absolute atomic E-state index is 5.90. The number of rotatable bonds is 13. The van der Waals surface area contributed by atoms with Crippen molar-refractivity contribution in [2.45, 2.75) is 71.4 Å². The van der Waals surface area contributed by atoms with Gasteiger partial charge in [0, 0.05) is 37.7 Å². The molecule has 23 heavy (non-hydrogen) atoms. The second kappa shape index (κ2) is 13.0. The smallest absolute Gasteiger partial charge is 0.374 e. The van der Waals surface area contributed by atoms with Crippen LogP contribution in [0.2, 0.25) is 6.04 Å². The van der Waals surface area contributed by atoms with E-state index in [-0.39, 0.29) is 0 Å². The van der Waals surface area contributed by atoms with Crippen molar-refractivity contribution in [2.75, 3.05) is 32.6 Å². The van der Waals surface area contributed by atoms with Gasteiger partial charge in [-0.2, -0.15) is 0 Å². The molecule has 0 atom stereocenters. The molecule has 0 saturated heterocycles. The van der Waals surface area contributed by atoms with Crippen molar-refractivity contribution in [3.05, 3.63) is 0 Å². The lowest BCUT2D eigenvalue weighted by atomic mass is 9.96. The summed E-state index contributed by atoms with van der Waals surface area (Å²) in [5.74, 6) is 1.11. The van der Waals surface area contributed by atoms with Crippen LogP contribution in [0, 0.1) is 0 Å². The van der Waals surface area contributed by atoms with Gasteiger partial charge in [0.05, 0.1) is 0 Å². The van der Waals surface area contributed by atoms with Crippen molar-refractivity contribution in [2.24, 2.45) is 0 Å². The normalized spacial score (nSPS) is 17.1. The highest BCUT2D eigenvalue weighted by molar-refractivity contribution is 8.75. The van der Waals surface area contributed by atoms with E-state index in [1.54, 1.807) is 0 Å². The molecule has 138 valence electrons. The third-order valence-electron chi connectivity index (χ3n) is 4.06. The van der Waals surface area contributed by atoms with Crippen LogP contribution >= 0.6 is 21.8 Å². The minimum absolute atomic E-state index is 0.665. The molecule has 0 radical (unpaired) electrons. The molecule has 0 aromatic rings. The first-order valence-electron chi connectivity index (χ1n) is 9.11. The van der Waals surface area contributed by atoms with Crippen molar-refractivity contribution in [3.8, 4) is 0 Å². The third kappa shape index (κ3) is 8.60. The summed E-state index contributed by atoms with van der Waals surface area (Å²) in [5, 5.41) is 0. The molecule has 1 saturated carbocycles. The van der Waals surface area contributed by atoms with E-state index in [2.05, 4.69) is 11.4 Å². The number of hydrogen-bond acceptors (Lipinski definition) is 6. The highest BCUT2D eigenvalue weighted by Crippen LogP contribution is 2.33. The summed E-state index contributed by atoms with van der Waals surface area (Å²) in [5.41, 5.74) is 0. The molecule has 0 unspecified atom stereocenters. The first kappa shape index (κ1) is 21.8. The van der Waals surface area contributed by atoms with Crippen LogP contribution in [0.1, 0.15) is 59.3 Å². The van der Waals surface area contributed by atoms with Gasteiger partial charge in [-0.25, -0.2) is 4.31 Å². The van der Waals surface area contributed by atoms with E-state index in [1.165, 1.54) is 32.1 Å². The molecular weight excluding hydrogens is 346 g/mol. The molecule has 1 aliphatic rings. The van der Waals surface area contributed by atoms with Crippen LogP contribution in [-0.2, 0) is 13.3 Å². The van der Waals surface area contributed by atoms with Crippen LogP contribution in [0.3, 0.4) is 0 Å². The van der Waals surface area contributed by atoms with Crippen LogP contribution in [0.5, 0.6) is 0 Å². The van der Waals surface area contributed by atoms with Crippen LogP contribution in [0.25, 0.3) is 0 Å². The first-order chi connectivity index (χ1) is 11.2. The Morgan fingerprint density at radius 3 is 2.04 bits per heavy atom. The molecule has 0 spiro atoms. The first-order valence-corrected chi connectivity index (χ1v) is 13.3. The largest absolute Gasteiger partial charge is 0.500 e. The predicted octanol–water partition coefficient (Wildman–Crippen LogP) is 4.99. The lowest BCUT2D eigenvalue weighted by Gasteiger charge is -2.30. The average molecular weight is 382 g/mol. The number of hydrogen-bond donors (Lipinski definition) is 0. The molecule has 0 aromatic heterocycles. The lowest BCUT2D eigenvalue weighted by Crippen LogP contribution is -2.46. The fourth-order valence-electron chi connectivity index (χ4n) is 2.97. The minimum Gasteiger partial charge on any atom is -0.374 e. The van der Waals surface area contributed by atoms with Gasteiger partial charge in [0.1, 0.15) is 0 Å². The summed E-state index contributed by atoms with van der Waals surface area (Å²) in [6, 6.07) is 1.69. The zero-order valence-corrected chi connectivity index (χ0v) is 18.0. The van der Waals surface area contributed by atoms with Gasteiger partial charge >= 0.3 is 8.80 Å². The van der Waals surface area contributed by atoms with Crippen LogP contribution < -0.4 is 0 Å². The Bertz CT molecular complexity index is 277. The van der Waals surface area contributed by atoms with Crippen molar-refractivity contribution in [1.82, 2.24) is 4.31 Å². The van der Waals surface area contributed by atoms with Crippen molar-refractivity contribution >= 4 is 30.6 Å². The summed E-state index contributed by atoms with van der Waals surface area (Å²) in [6.07, 6.45) is 8.01. The quantitative estimate of drug-likeness (QED) is 0.193. The number of nitrogens with zero attached hydrogens (tertiary/aromatic N) is 1. The molecule has 7 heteroatoms. The maximum atomic E-state index is 5.90. The van der Waals surface area contributed by atoms with E-state index in [9.17, 15) is 0 Å². The summed E-state index contributed by atoms with van der Waals surface area (Å²) in [4.78, 5) is 0. The molecule has 4 nitrogen and oxygen atoms in total.